The van der Waals surface area contributed by atoms with Gasteiger partial charge in [0.25, 0.3) is 0 Å². The number of ether oxygens (including phenoxy) is 1. The summed E-state index contributed by atoms with van der Waals surface area (Å²) in [5.74, 6) is 0.653. The van der Waals surface area contributed by atoms with Crippen molar-refractivity contribution in [2.75, 3.05) is 20.2 Å². The number of rotatable bonds is 8. The van der Waals surface area contributed by atoms with Crippen LogP contribution in [-0.4, -0.2) is 42.1 Å². The van der Waals surface area contributed by atoms with E-state index in [-0.39, 0.29) is 12.4 Å². The Bertz CT molecular complexity index is 673. The van der Waals surface area contributed by atoms with Crippen LogP contribution in [0.1, 0.15) is 22.8 Å². The molecule has 24 heavy (non-hydrogen) atoms. The van der Waals surface area contributed by atoms with E-state index in [1.54, 1.807) is 24.3 Å². The smallest absolute Gasteiger partial charge is 0.159 e. The molecule has 128 valence electrons. The number of ketones is 1. The number of carbonyl (C=O) groups is 1. The molecule has 1 N–H and O–H groups in total. The molecule has 0 unspecified atom stereocenters. The first-order chi connectivity index (χ1) is 11.4. The van der Waals surface area contributed by atoms with E-state index in [9.17, 15) is 9.90 Å². The Balaban J connectivity index is 1.77. The maximum atomic E-state index is 11.2. The molecule has 0 saturated heterocycles. The maximum absolute atomic E-state index is 11.2. The number of likely N-dealkylation sites (N-methyl/N-ethyl adjacent to an activating group) is 1. The minimum Gasteiger partial charge on any atom is -0.491 e. The summed E-state index contributed by atoms with van der Waals surface area (Å²) in [6, 6.07) is 14.6. The summed E-state index contributed by atoms with van der Waals surface area (Å²) >= 11 is 5.97. The Kier molecular flexibility index (Phi) is 6.79. The summed E-state index contributed by atoms with van der Waals surface area (Å²) in [5, 5.41) is 10.8. The van der Waals surface area contributed by atoms with Crippen LogP contribution >= 0.6 is 11.6 Å². The summed E-state index contributed by atoms with van der Waals surface area (Å²) in [6.45, 7) is 2.90. The lowest BCUT2D eigenvalue weighted by Gasteiger charge is -2.21. The highest BCUT2D eigenvalue weighted by Crippen LogP contribution is 2.14. The standard InChI is InChI=1S/C19H22ClNO3/c1-14(22)16-6-8-19(9-7-16)24-13-18(23)12-21(2)11-15-4-3-5-17(20)10-15/h3-10,18,23H,11-13H2,1-2H3/t18-/m0/s1. The Labute approximate surface area is 147 Å². The first kappa shape index (κ1) is 18.5. The first-order valence-corrected chi connectivity index (χ1v) is 8.16. The van der Waals surface area contributed by atoms with Crippen molar-refractivity contribution in [1.29, 1.82) is 0 Å². The molecule has 0 aliphatic rings. The second kappa shape index (κ2) is 8.83. The minimum absolute atomic E-state index is 0.0178. The summed E-state index contributed by atoms with van der Waals surface area (Å²) in [6.07, 6.45) is -0.610. The minimum atomic E-state index is -0.610. The number of aliphatic hydroxyl groups is 1. The number of hydrogen-bond acceptors (Lipinski definition) is 4. The zero-order valence-electron chi connectivity index (χ0n) is 13.9. The van der Waals surface area contributed by atoms with Crippen LogP contribution in [-0.2, 0) is 6.54 Å². The molecule has 2 aromatic rings. The number of benzene rings is 2. The molecule has 0 fully saturated rings. The largest absolute Gasteiger partial charge is 0.491 e. The second-order valence-corrected chi connectivity index (χ2v) is 6.31. The van der Waals surface area contributed by atoms with Gasteiger partial charge in [0.2, 0.25) is 0 Å². The Morgan fingerprint density at radius 2 is 1.96 bits per heavy atom. The third kappa shape index (κ3) is 5.96. The van der Waals surface area contributed by atoms with E-state index in [1.165, 1.54) is 6.92 Å². The Hall–Kier alpha value is -1.88. The van der Waals surface area contributed by atoms with Gasteiger partial charge in [-0.05, 0) is 55.9 Å². The van der Waals surface area contributed by atoms with Crippen molar-refractivity contribution in [1.82, 2.24) is 4.90 Å². The van der Waals surface area contributed by atoms with Gasteiger partial charge in [-0.15, -0.1) is 0 Å². The number of nitrogens with zero attached hydrogens (tertiary/aromatic N) is 1. The molecule has 0 aliphatic heterocycles. The molecule has 0 spiro atoms. The van der Waals surface area contributed by atoms with Gasteiger partial charge in [0.05, 0.1) is 0 Å². The zero-order valence-corrected chi connectivity index (χ0v) is 14.7. The second-order valence-electron chi connectivity index (χ2n) is 5.87. The van der Waals surface area contributed by atoms with E-state index in [0.717, 1.165) is 5.56 Å². The molecule has 4 nitrogen and oxygen atoms in total. The topological polar surface area (TPSA) is 49.8 Å². The van der Waals surface area contributed by atoms with Gasteiger partial charge in [0.15, 0.2) is 5.78 Å². The predicted molar refractivity (Wildman–Crippen MR) is 95.7 cm³/mol. The van der Waals surface area contributed by atoms with Gasteiger partial charge >= 0.3 is 0 Å². The quantitative estimate of drug-likeness (QED) is 0.743. The summed E-state index contributed by atoms with van der Waals surface area (Å²) in [5.41, 5.74) is 1.74. The van der Waals surface area contributed by atoms with Crippen molar-refractivity contribution in [2.24, 2.45) is 0 Å². The van der Waals surface area contributed by atoms with Crippen molar-refractivity contribution in [3.8, 4) is 5.75 Å². The van der Waals surface area contributed by atoms with E-state index in [0.29, 0.717) is 29.4 Å². The fraction of sp³-hybridized carbons (Fsp3) is 0.316. The van der Waals surface area contributed by atoms with Crippen LogP contribution in [0.3, 0.4) is 0 Å². The predicted octanol–water partition coefficient (Wildman–Crippen LogP) is 3.41. The number of aliphatic hydroxyl groups excluding tert-OH is 1. The van der Waals surface area contributed by atoms with Crippen LogP contribution < -0.4 is 4.74 Å². The van der Waals surface area contributed by atoms with Crippen molar-refractivity contribution < 1.29 is 14.6 Å². The molecule has 0 amide bonds. The Morgan fingerprint density at radius 1 is 1.25 bits per heavy atom. The summed E-state index contributed by atoms with van der Waals surface area (Å²) < 4.78 is 5.56. The first-order valence-electron chi connectivity index (χ1n) is 7.79. The Morgan fingerprint density at radius 3 is 2.58 bits per heavy atom. The van der Waals surface area contributed by atoms with Gasteiger partial charge in [-0.3, -0.25) is 9.69 Å². The molecule has 0 saturated carbocycles. The SMILES string of the molecule is CC(=O)c1ccc(OC[C@@H](O)CN(C)Cc2cccc(Cl)c2)cc1. The van der Waals surface area contributed by atoms with Crippen LogP contribution in [0.5, 0.6) is 5.75 Å². The number of Topliss-reactive ketones (excluding diaryl/α,β-unsaturated/α-hetero) is 1. The molecule has 0 aliphatic carbocycles. The number of hydrogen-bond donors (Lipinski definition) is 1. The maximum Gasteiger partial charge on any atom is 0.159 e. The molecule has 0 bridgehead atoms. The molecule has 2 rings (SSSR count). The van der Waals surface area contributed by atoms with Crippen molar-refractivity contribution in [3.63, 3.8) is 0 Å². The van der Waals surface area contributed by atoms with E-state index < -0.39 is 6.10 Å². The lowest BCUT2D eigenvalue weighted by Crippen LogP contribution is -2.32. The van der Waals surface area contributed by atoms with Gasteiger partial charge in [-0.2, -0.15) is 0 Å². The van der Waals surface area contributed by atoms with E-state index >= 15 is 0 Å². The van der Waals surface area contributed by atoms with Gasteiger partial charge in [0, 0.05) is 23.7 Å². The van der Waals surface area contributed by atoms with Gasteiger partial charge in [0.1, 0.15) is 18.5 Å². The third-order valence-corrected chi connectivity index (χ3v) is 3.80. The van der Waals surface area contributed by atoms with Crippen LogP contribution in [0.15, 0.2) is 48.5 Å². The average molecular weight is 348 g/mol. The van der Waals surface area contributed by atoms with Gasteiger partial charge in [-0.25, -0.2) is 0 Å². The monoisotopic (exact) mass is 347 g/mol. The highest BCUT2D eigenvalue weighted by atomic mass is 35.5. The fourth-order valence-electron chi connectivity index (χ4n) is 2.40. The van der Waals surface area contributed by atoms with E-state index in [2.05, 4.69) is 0 Å². The van der Waals surface area contributed by atoms with Crippen LogP contribution in [0.4, 0.5) is 0 Å². The van der Waals surface area contributed by atoms with Gasteiger partial charge in [-0.1, -0.05) is 23.7 Å². The average Bonchev–Trinajstić information content (AvgIpc) is 2.53. The van der Waals surface area contributed by atoms with Gasteiger partial charge < -0.3 is 9.84 Å². The molecule has 5 heteroatoms. The highest BCUT2D eigenvalue weighted by molar-refractivity contribution is 6.30. The number of carbonyl (C=O) groups excluding carboxylic acids is 1. The van der Waals surface area contributed by atoms with E-state index in [4.69, 9.17) is 16.3 Å². The van der Waals surface area contributed by atoms with Crippen LogP contribution in [0, 0.1) is 0 Å². The number of halogens is 1. The molecule has 0 aromatic heterocycles. The van der Waals surface area contributed by atoms with Crippen LogP contribution in [0.2, 0.25) is 5.02 Å². The summed E-state index contributed by atoms with van der Waals surface area (Å²) in [4.78, 5) is 13.2. The summed E-state index contributed by atoms with van der Waals surface area (Å²) in [7, 11) is 1.94. The fourth-order valence-corrected chi connectivity index (χ4v) is 2.62. The molecule has 2 aromatic carbocycles. The normalized spacial score (nSPS) is 12.2. The lowest BCUT2D eigenvalue weighted by molar-refractivity contribution is 0.0743. The molecular weight excluding hydrogens is 326 g/mol. The van der Waals surface area contributed by atoms with Crippen molar-refractivity contribution in [2.45, 2.75) is 19.6 Å². The third-order valence-electron chi connectivity index (χ3n) is 3.57. The van der Waals surface area contributed by atoms with Crippen molar-refractivity contribution in [3.05, 3.63) is 64.7 Å². The van der Waals surface area contributed by atoms with Crippen LogP contribution in [0.25, 0.3) is 0 Å². The highest BCUT2D eigenvalue weighted by Gasteiger charge is 2.10. The molecule has 0 heterocycles. The van der Waals surface area contributed by atoms with Crippen molar-refractivity contribution >= 4 is 17.4 Å². The van der Waals surface area contributed by atoms with E-state index in [1.807, 2.05) is 36.2 Å². The zero-order chi connectivity index (χ0) is 17.5. The molecule has 0 radical (unpaired) electrons. The molecular formula is C19H22ClNO3. The molecule has 1 atom stereocenters. The lowest BCUT2D eigenvalue weighted by atomic mass is 10.1.